The van der Waals surface area contributed by atoms with Crippen molar-refractivity contribution in [3.63, 3.8) is 0 Å². The number of aromatic nitrogens is 1. The molecule has 1 aromatic heterocycles. The van der Waals surface area contributed by atoms with Gasteiger partial charge in [0.1, 0.15) is 0 Å². The number of H-pyrrole nitrogens is 1. The molecule has 0 amide bonds. The molecule has 14 heavy (non-hydrogen) atoms. The predicted molar refractivity (Wildman–Crippen MR) is 61.2 cm³/mol. The number of rotatable bonds is 1. The number of fused-ring (bicyclic) bond motifs is 1. The van der Waals surface area contributed by atoms with Gasteiger partial charge in [0.2, 0.25) is 0 Å². The van der Waals surface area contributed by atoms with E-state index in [4.69, 9.17) is 0 Å². The van der Waals surface area contributed by atoms with E-state index in [1.807, 2.05) is 0 Å². The first-order valence-electron chi connectivity index (χ1n) is 5.24. The Balaban J connectivity index is 2.54. The molecule has 0 unspecified atom stereocenters. The van der Waals surface area contributed by atoms with Gasteiger partial charge >= 0.3 is 0 Å². The van der Waals surface area contributed by atoms with Crippen LogP contribution in [0.5, 0.6) is 0 Å². The van der Waals surface area contributed by atoms with E-state index in [9.17, 15) is 0 Å². The molecule has 0 saturated carbocycles. The molecule has 1 nitrogen and oxygen atoms in total. The van der Waals surface area contributed by atoms with Crippen molar-refractivity contribution in [3.8, 4) is 0 Å². The van der Waals surface area contributed by atoms with E-state index in [0.29, 0.717) is 5.92 Å². The molecule has 1 N–H and O–H groups in total. The lowest BCUT2D eigenvalue weighted by atomic mass is 9.96. The summed E-state index contributed by atoms with van der Waals surface area (Å²) in [5.41, 5.74) is 5.58. The van der Waals surface area contributed by atoms with Crippen molar-refractivity contribution >= 4 is 5.57 Å². The summed E-state index contributed by atoms with van der Waals surface area (Å²) in [7, 11) is 0. The zero-order chi connectivity index (χ0) is 10.1. The average Bonchev–Trinajstić information content (AvgIpc) is 2.38. The van der Waals surface area contributed by atoms with Gasteiger partial charge in [-0.25, -0.2) is 0 Å². The zero-order valence-corrected chi connectivity index (χ0v) is 9.09. The van der Waals surface area contributed by atoms with Crippen molar-refractivity contribution in [2.24, 2.45) is 5.92 Å². The monoisotopic (exact) mass is 187 g/mol. The fourth-order valence-corrected chi connectivity index (χ4v) is 1.99. The minimum absolute atomic E-state index is 0.578. The van der Waals surface area contributed by atoms with Gasteiger partial charge in [0.25, 0.3) is 0 Å². The molecule has 1 aliphatic carbocycles. The maximum atomic E-state index is 3.39. The minimum Gasteiger partial charge on any atom is -0.361 e. The van der Waals surface area contributed by atoms with Crippen LogP contribution in [0, 0.1) is 12.8 Å². The summed E-state index contributed by atoms with van der Waals surface area (Å²) in [6.45, 7) is 6.66. The van der Waals surface area contributed by atoms with E-state index in [0.717, 1.165) is 6.42 Å². The summed E-state index contributed by atoms with van der Waals surface area (Å²) < 4.78 is 0. The van der Waals surface area contributed by atoms with Gasteiger partial charge in [-0.15, -0.1) is 0 Å². The van der Waals surface area contributed by atoms with Crippen molar-refractivity contribution in [3.05, 3.63) is 41.2 Å². The summed E-state index contributed by atoms with van der Waals surface area (Å²) in [5, 5.41) is 0. The second-order valence-corrected chi connectivity index (χ2v) is 4.23. The summed E-state index contributed by atoms with van der Waals surface area (Å²) in [6.07, 6.45) is 9.79. The molecule has 1 aromatic rings. The first-order valence-corrected chi connectivity index (χ1v) is 5.24. The van der Waals surface area contributed by atoms with Gasteiger partial charge in [-0.3, -0.25) is 0 Å². The SMILES string of the molecule is Cc1c[nH]c2c1CC=CC=C2C(C)C. The smallest absolute Gasteiger partial charge is 0.0453 e. The van der Waals surface area contributed by atoms with E-state index in [2.05, 4.69) is 50.2 Å². The molecule has 0 aromatic carbocycles. The van der Waals surface area contributed by atoms with E-state index >= 15 is 0 Å². The van der Waals surface area contributed by atoms with Gasteiger partial charge in [0.05, 0.1) is 0 Å². The second kappa shape index (κ2) is 3.49. The van der Waals surface area contributed by atoms with Crippen LogP contribution in [0.2, 0.25) is 0 Å². The first-order chi connectivity index (χ1) is 6.70. The average molecular weight is 187 g/mol. The predicted octanol–water partition coefficient (Wildman–Crippen LogP) is 3.47. The standard InChI is InChI=1S/C13H17N/c1-9(2)11-6-4-5-7-12-10(3)8-14-13(11)12/h4-6,8-9,14H,7H2,1-3H3. The number of aromatic amines is 1. The van der Waals surface area contributed by atoms with E-state index in [-0.39, 0.29) is 0 Å². The minimum atomic E-state index is 0.578. The van der Waals surface area contributed by atoms with Crippen LogP contribution in [0.4, 0.5) is 0 Å². The van der Waals surface area contributed by atoms with Crippen LogP contribution in [0.15, 0.2) is 24.4 Å². The maximum absolute atomic E-state index is 3.39. The van der Waals surface area contributed by atoms with Crippen molar-refractivity contribution in [2.45, 2.75) is 27.2 Å². The van der Waals surface area contributed by atoms with Crippen LogP contribution in [0.1, 0.15) is 30.7 Å². The molecule has 74 valence electrons. The van der Waals surface area contributed by atoms with E-state index in [1.54, 1.807) is 0 Å². The Hall–Kier alpha value is -1.24. The highest BCUT2D eigenvalue weighted by molar-refractivity contribution is 5.70. The lowest BCUT2D eigenvalue weighted by Crippen LogP contribution is -1.96. The summed E-state index contributed by atoms with van der Waals surface area (Å²) in [4.78, 5) is 3.39. The molecule has 0 aliphatic heterocycles. The fourth-order valence-electron chi connectivity index (χ4n) is 1.99. The van der Waals surface area contributed by atoms with Crippen LogP contribution in [0.25, 0.3) is 5.57 Å². The van der Waals surface area contributed by atoms with E-state index < -0.39 is 0 Å². The molecule has 0 saturated heterocycles. The van der Waals surface area contributed by atoms with Gasteiger partial charge in [-0.2, -0.15) is 0 Å². The Bertz CT molecular complexity index is 391. The third kappa shape index (κ3) is 1.43. The van der Waals surface area contributed by atoms with Gasteiger partial charge in [-0.05, 0) is 36.0 Å². The second-order valence-electron chi connectivity index (χ2n) is 4.23. The molecule has 0 atom stereocenters. The zero-order valence-electron chi connectivity index (χ0n) is 9.09. The topological polar surface area (TPSA) is 15.8 Å². The van der Waals surface area contributed by atoms with Gasteiger partial charge in [0.15, 0.2) is 0 Å². The molecule has 0 fully saturated rings. The molecule has 2 rings (SSSR count). The Labute approximate surface area is 85.5 Å². The number of hydrogen-bond acceptors (Lipinski definition) is 0. The maximum Gasteiger partial charge on any atom is 0.0453 e. The largest absolute Gasteiger partial charge is 0.361 e. The third-order valence-corrected chi connectivity index (χ3v) is 2.86. The van der Waals surface area contributed by atoms with Crippen molar-refractivity contribution in [1.82, 2.24) is 4.98 Å². The van der Waals surface area contributed by atoms with Gasteiger partial charge < -0.3 is 4.98 Å². The molecule has 0 bridgehead atoms. The highest BCUT2D eigenvalue weighted by Gasteiger charge is 2.14. The normalized spacial score (nSPS) is 15.3. The number of allylic oxidation sites excluding steroid dienone is 4. The Morgan fingerprint density at radius 3 is 2.86 bits per heavy atom. The fraction of sp³-hybridized carbons (Fsp3) is 0.385. The molecular weight excluding hydrogens is 170 g/mol. The van der Waals surface area contributed by atoms with Crippen molar-refractivity contribution < 1.29 is 0 Å². The lowest BCUT2D eigenvalue weighted by molar-refractivity contribution is 0.849. The van der Waals surface area contributed by atoms with Gasteiger partial charge in [0, 0.05) is 11.9 Å². The van der Waals surface area contributed by atoms with Crippen LogP contribution < -0.4 is 0 Å². The lowest BCUT2D eigenvalue weighted by Gasteiger charge is -2.10. The Morgan fingerprint density at radius 1 is 1.36 bits per heavy atom. The van der Waals surface area contributed by atoms with Crippen molar-refractivity contribution in [2.75, 3.05) is 0 Å². The summed E-state index contributed by atoms with van der Waals surface area (Å²) >= 11 is 0. The van der Waals surface area contributed by atoms with E-state index in [1.165, 1.54) is 22.4 Å². The third-order valence-electron chi connectivity index (χ3n) is 2.86. The molecule has 1 heteroatoms. The molecule has 0 spiro atoms. The number of aryl methyl sites for hydroxylation is 1. The van der Waals surface area contributed by atoms with Crippen molar-refractivity contribution in [1.29, 1.82) is 0 Å². The van der Waals surface area contributed by atoms with Crippen LogP contribution in [-0.4, -0.2) is 4.98 Å². The highest BCUT2D eigenvalue weighted by atomic mass is 14.7. The molecule has 0 radical (unpaired) electrons. The first kappa shape index (κ1) is 9.32. The van der Waals surface area contributed by atoms with Crippen LogP contribution >= 0.6 is 0 Å². The van der Waals surface area contributed by atoms with Gasteiger partial charge in [-0.1, -0.05) is 32.1 Å². The number of nitrogens with one attached hydrogen (secondary N) is 1. The Morgan fingerprint density at radius 2 is 2.14 bits per heavy atom. The molecule has 1 aliphatic rings. The Kier molecular flexibility index (Phi) is 2.32. The quantitative estimate of drug-likeness (QED) is 0.693. The van der Waals surface area contributed by atoms with Crippen LogP contribution in [-0.2, 0) is 6.42 Å². The molecule has 1 heterocycles. The highest BCUT2D eigenvalue weighted by Crippen LogP contribution is 2.29. The van der Waals surface area contributed by atoms with Crippen LogP contribution in [0.3, 0.4) is 0 Å². The number of hydrogen-bond donors (Lipinski definition) is 1. The molecular formula is C13H17N. The summed E-state index contributed by atoms with van der Waals surface area (Å²) in [5.74, 6) is 0.578. The summed E-state index contributed by atoms with van der Waals surface area (Å²) in [6, 6.07) is 0.